The van der Waals surface area contributed by atoms with Crippen LogP contribution in [0.4, 0.5) is 0 Å². The molecule has 0 fully saturated rings. The Kier molecular flexibility index (Phi) is 6.92. The molecule has 0 atom stereocenters. The maximum atomic E-state index is 12.4. The van der Waals surface area contributed by atoms with Gasteiger partial charge in [0.05, 0.1) is 0 Å². The number of nitrogens with one attached hydrogen (secondary N) is 2. The first kappa shape index (κ1) is 17.2. The van der Waals surface area contributed by atoms with Crippen LogP contribution in [-0.4, -0.2) is 24.9 Å². The van der Waals surface area contributed by atoms with Crippen LogP contribution >= 0.6 is 0 Å². The molecule has 0 bridgehead atoms. The number of benzene rings is 1. The van der Waals surface area contributed by atoms with Crippen LogP contribution in [0.2, 0.25) is 0 Å². The van der Waals surface area contributed by atoms with E-state index in [0.29, 0.717) is 24.9 Å². The van der Waals surface area contributed by atoms with Crippen molar-refractivity contribution in [2.75, 3.05) is 13.1 Å². The van der Waals surface area contributed by atoms with Gasteiger partial charge in [-0.2, -0.15) is 0 Å². The van der Waals surface area contributed by atoms with Crippen molar-refractivity contribution < 1.29 is 9.59 Å². The first-order valence-electron chi connectivity index (χ1n) is 7.52. The molecule has 0 aliphatic carbocycles. The van der Waals surface area contributed by atoms with Gasteiger partial charge < -0.3 is 10.6 Å². The smallest absolute Gasteiger partial charge is 0.237 e. The molecule has 2 N–H and O–H groups in total. The second-order valence-electron chi connectivity index (χ2n) is 6.12. The van der Waals surface area contributed by atoms with Crippen LogP contribution in [0, 0.1) is 11.8 Å². The van der Waals surface area contributed by atoms with Crippen LogP contribution in [0.15, 0.2) is 30.3 Å². The number of rotatable bonds is 7. The molecule has 4 nitrogen and oxygen atoms in total. The van der Waals surface area contributed by atoms with E-state index in [2.05, 4.69) is 10.6 Å². The Morgan fingerprint density at radius 3 is 1.67 bits per heavy atom. The summed E-state index contributed by atoms with van der Waals surface area (Å²) in [6.45, 7) is 9.24. The molecule has 116 valence electrons. The van der Waals surface area contributed by atoms with E-state index < -0.39 is 5.92 Å². The number of hydrogen-bond donors (Lipinski definition) is 2. The topological polar surface area (TPSA) is 58.2 Å². The van der Waals surface area contributed by atoms with E-state index >= 15 is 0 Å². The lowest BCUT2D eigenvalue weighted by atomic mass is 9.96. The summed E-state index contributed by atoms with van der Waals surface area (Å²) in [6, 6.07) is 9.18. The van der Waals surface area contributed by atoms with Gasteiger partial charge in [0.25, 0.3) is 0 Å². The van der Waals surface area contributed by atoms with Gasteiger partial charge in [-0.05, 0) is 17.4 Å². The molecule has 0 aliphatic heterocycles. The predicted molar refractivity (Wildman–Crippen MR) is 84.9 cm³/mol. The molecule has 0 saturated carbocycles. The normalized spacial score (nSPS) is 11.0. The molecule has 0 saturated heterocycles. The van der Waals surface area contributed by atoms with Gasteiger partial charge in [-0.1, -0.05) is 58.0 Å². The van der Waals surface area contributed by atoms with E-state index in [-0.39, 0.29) is 11.8 Å². The van der Waals surface area contributed by atoms with Crippen LogP contribution in [-0.2, 0) is 9.59 Å². The van der Waals surface area contributed by atoms with Crippen molar-refractivity contribution in [2.24, 2.45) is 11.8 Å². The second kappa shape index (κ2) is 8.45. The van der Waals surface area contributed by atoms with Crippen molar-refractivity contribution in [3.8, 4) is 0 Å². The average Bonchev–Trinajstić information content (AvgIpc) is 2.44. The Morgan fingerprint density at radius 2 is 1.29 bits per heavy atom. The lowest BCUT2D eigenvalue weighted by Gasteiger charge is -2.18. The highest BCUT2D eigenvalue weighted by Crippen LogP contribution is 2.16. The number of amides is 2. The minimum atomic E-state index is -0.788. The first-order chi connectivity index (χ1) is 9.91. The molecule has 1 rings (SSSR count). The van der Waals surface area contributed by atoms with Crippen molar-refractivity contribution in [3.63, 3.8) is 0 Å². The van der Waals surface area contributed by atoms with Crippen molar-refractivity contribution in [1.82, 2.24) is 10.6 Å². The fraction of sp³-hybridized carbons (Fsp3) is 0.529. The summed E-state index contributed by atoms with van der Waals surface area (Å²) >= 11 is 0. The van der Waals surface area contributed by atoms with Gasteiger partial charge in [0, 0.05) is 13.1 Å². The summed E-state index contributed by atoms with van der Waals surface area (Å²) in [7, 11) is 0. The molecule has 2 amide bonds. The summed E-state index contributed by atoms with van der Waals surface area (Å²) in [6.07, 6.45) is 0. The SMILES string of the molecule is CC(C)CNC(=O)C(C(=O)NCC(C)C)c1ccccc1. The average molecular weight is 290 g/mol. The summed E-state index contributed by atoms with van der Waals surface area (Å²) in [5, 5.41) is 5.70. The fourth-order valence-corrected chi connectivity index (χ4v) is 1.88. The van der Waals surface area contributed by atoms with Crippen LogP contribution in [0.5, 0.6) is 0 Å². The van der Waals surface area contributed by atoms with Gasteiger partial charge >= 0.3 is 0 Å². The van der Waals surface area contributed by atoms with E-state index in [0.717, 1.165) is 5.56 Å². The fourth-order valence-electron chi connectivity index (χ4n) is 1.88. The van der Waals surface area contributed by atoms with Gasteiger partial charge in [-0.15, -0.1) is 0 Å². The zero-order valence-corrected chi connectivity index (χ0v) is 13.3. The molecule has 21 heavy (non-hydrogen) atoms. The lowest BCUT2D eigenvalue weighted by Crippen LogP contribution is -2.41. The monoisotopic (exact) mass is 290 g/mol. The van der Waals surface area contributed by atoms with E-state index in [1.54, 1.807) is 0 Å². The Balaban J connectivity index is 2.84. The third kappa shape index (κ3) is 5.98. The lowest BCUT2D eigenvalue weighted by molar-refractivity contribution is -0.131. The molecule has 1 aromatic carbocycles. The van der Waals surface area contributed by atoms with Crippen LogP contribution in [0.3, 0.4) is 0 Å². The molecule has 0 unspecified atom stereocenters. The number of carbonyl (C=O) groups excluding carboxylic acids is 2. The standard InChI is InChI=1S/C17H26N2O2/c1-12(2)10-18-16(20)15(14-8-6-5-7-9-14)17(21)19-11-13(3)4/h5-9,12-13,15H,10-11H2,1-4H3,(H,18,20)(H,19,21). The summed E-state index contributed by atoms with van der Waals surface area (Å²) < 4.78 is 0. The minimum absolute atomic E-state index is 0.240. The maximum absolute atomic E-state index is 12.4. The van der Waals surface area contributed by atoms with Gasteiger partial charge in [0.15, 0.2) is 0 Å². The van der Waals surface area contributed by atoms with Crippen molar-refractivity contribution in [2.45, 2.75) is 33.6 Å². The molecule has 0 spiro atoms. The third-order valence-corrected chi connectivity index (χ3v) is 3.03. The van der Waals surface area contributed by atoms with E-state index in [4.69, 9.17) is 0 Å². The van der Waals surface area contributed by atoms with Crippen molar-refractivity contribution >= 4 is 11.8 Å². The first-order valence-corrected chi connectivity index (χ1v) is 7.52. The van der Waals surface area contributed by atoms with E-state index in [1.807, 2.05) is 58.0 Å². The molecular formula is C17H26N2O2. The molecule has 0 aromatic heterocycles. The molecular weight excluding hydrogens is 264 g/mol. The quantitative estimate of drug-likeness (QED) is 0.757. The third-order valence-electron chi connectivity index (χ3n) is 3.03. The number of carbonyl (C=O) groups is 2. The highest BCUT2D eigenvalue weighted by molar-refractivity contribution is 6.05. The molecule has 0 heterocycles. The Labute approximate surface area is 127 Å². The second-order valence-corrected chi connectivity index (χ2v) is 6.12. The largest absolute Gasteiger partial charge is 0.355 e. The van der Waals surface area contributed by atoms with Crippen LogP contribution < -0.4 is 10.6 Å². The molecule has 0 aliphatic rings. The molecule has 4 heteroatoms. The van der Waals surface area contributed by atoms with E-state index in [1.165, 1.54) is 0 Å². The van der Waals surface area contributed by atoms with Gasteiger partial charge in [-0.25, -0.2) is 0 Å². The maximum Gasteiger partial charge on any atom is 0.237 e. The molecule has 0 radical (unpaired) electrons. The molecule has 1 aromatic rings. The van der Waals surface area contributed by atoms with E-state index in [9.17, 15) is 9.59 Å². The van der Waals surface area contributed by atoms with Crippen molar-refractivity contribution in [1.29, 1.82) is 0 Å². The minimum Gasteiger partial charge on any atom is -0.355 e. The summed E-state index contributed by atoms with van der Waals surface area (Å²) in [4.78, 5) is 24.7. The summed E-state index contributed by atoms with van der Waals surface area (Å²) in [5.41, 5.74) is 0.722. The summed E-state index contributed by atoms with van der Waals surface area (Å²) in [5.74, 6) is -0.566. The Morgan fingerprint density at radius 1 is 0.857 bits per heavy atom. The number of hydrogen-bond acceptors (Lipinski definition) is 2. The highest BCUT2D eigenvalue weighted by Gasteiger charge is 2.28. The van der Waals surface area contributed by atoms with Crippen molar-refractivity contribution in [3.05, 3.63) is 35.9 Å². The Hall–Kier alpha value is -1.84. The zero-order chi connectivity index (χ0) is 15.8. The van der Waals surface area contributed by atoms with Crippen LogP contribution in [0.25, 0.3) is 0 Å². The van der Waals surface area contributed by atoms with Gasteiger partial charge in [0.2, 0.25) is 11.8 Å². The van der Waals surface area contributed by atoms with Gasteiger partial charge in [-0.3, -0.25) is 9.59 Å². The predicted octanol–water partition coefficient (Wildman–Crippen LogP) is 2.31. The van der Waals surface area contributed by atoms with Gasteiger partial charge in [0.1, 0.15) is 5.92 Å². The highest BCUT2D eigenvalue weighted by atomic mass is 16.2. The Bertz CT molecular complexity index is 431. The zero-order valence-electron chi connectivity index (χ0n) is 13.3. The van der Waals surface area contributed by atoms with Crippen LogP contribution in [0.1, 0.15) is 39.2 Å².